The summed E-state index contributed by atoms with van der Waals surface area (Å²) in [6.07, 6.45) is 5.44. The van der Waals surface area contributed by atoms with Crippen LogP contribution in [0.4, 0.5) is 0 Å². The van der Waals surface area contributed by atoms with Gasteiger partial charge in [0.1, 0.15) is 0 Å². The quantitative estimate of drug-likeness (QED) is 0.494. The third-order valence-corrected chi connectivity index (χ3v) is 8.94. The van der Waals surface area contributed by atoms with Crippen LogP contribution in [0.2, 0.25) is 0 Å². The Morgan fingerprint density at radius 2 is 1.17 bits per heavy atom. The monoisotopic (exact) mass is 287 g/mol. The van der Waals surface area contributed by atoms with Gasteiger partial charge in [-0.05, 0) is 66.2 Å². The van der Waals surface area contributed by atoms with E-state index in [4.69, 9.17) is 4.67 Å². The van der Waals surface area contributed by atoms with Crippen LogP contribution >= 0.6 is 15.8 Å². The molecular weight excluding hydrogens is 260 g/mol. The largest absolute Gasteiger partial charge is 0.870 e. The molecule has 0 spiro atoms. The molecule has 0 amide bonds. The van der Waals surface area contributed by atoms with E-state index in [2.05, 4.69) is 41.0 Å². The van der Waals surface area contributed by atoms with Crippen molar-refractivity contribution in [2.24, 2.45) is 10.8 Å². The van der Waals surface area contributed by atoms with Crippen LogP contribution in [0.5, 0.6) is 0 Å². The third kappa shape index (κ3) is 2.88. The second-order valence-electron chi connectivity index (χ2n) is 6.87. The molecule has 0 aromatic carbocycles. The van der Waals surface area contributed by atoms with Gasteiger partial charge in [0.05, 0.1) is 10.8 Å². The zero-order valence-electron chi connectivity index (χ0n) is 12.6. The van der Waals surface area contributed by atoms with Gasteiger partial charge >= 0.3 is 10.9 Å². The predicted molar refractivity (Wildman–Crippen MR) is 86.3 cm³/mol. The van der Waals surface area contributed by atoms with E-state index in [1.807, 2.05) is 0 Å². The van der Waals surface area contributed by atoms with Crippen LogP contribution in [-0.4, -0.2) is 42.0 Å². The van der Waals surface area contributed by atoms with E-state index in [9.17, 15) is 0 Å². The summed E-state index contributed by atoms with van der Waals surface area (Å²) >= 11 is 0. The van der Waals surface area contributed by atoms with E-state index >= 15 is 0 Å². The van der Waals surface area contributed by atoms with Crippen molar-refractivity contribution in [2.75, 3.05) is 25.7 Å². The molecule has 0 aromatic rings. The van der Waals surface area contributed by atoms with Gasteiger partial charge in [-0.15, -0.1) is 0 Å². The van der Waals surface area contributed by atoms with E-state index in [1.165, 1.54) is 25.2 Å². The number of rotatable bonds is 0. The minimum Gasteiger partial charge on any atom is -0.870 e. The van der Waals surface area contributed by atoms with Crippen molar-refractivity contribution in [1.82, 2.24) is 4.67 Å². The van der Waals surface area contributed by atoms with Crippen molar-refractivity contribution in [1.29, 1.82) is 0 Å². The van der Waals surface area contributed by atoms with Gasteiger partial charge in [-0.2, -0.15) is 0 Å². The fourth-order valence-corrected chi connectivity index (χ4v) is 8.06. The van der Waals surface area contributed by atoms with Crippen molar-refractivity contribution in [2.45, 2.75) is 40.5 Å². The minimum atomic E-state index is 0. The normalized spacial score (nSPS) is 33.2. The number of hydrogen-bond acceptors (Lipinski definition) is 1. The van der Waals surface area contributed by atoms with Crippen LogP contribution < -0.4 is 4.67 Å². The van der Waals surface area contributed by atoms with Crippen LogP contribution in [-0.2, 0) is 0 Å². The molecule has 2 heterocycles. The first kappa shape index (κ1) is 16.3. The van der Waals surface area contributed by atoms with Crippen molar-refractivity contribution in [3.63, 3.8) is 0 Å². The molecule has 0 aliphatic carbocycles. The van der Waals surface area contributed by atoms with Crippen LogP contribution in [0.3, 0.4) is 0 Å². The van der Waals surface area contributed by atoms with Crippen molar-refractivity contribution in [3.8, 4) is 0 Å². The highest BCUT2D eigenvalue weighted by molar-refractivity contribution is 7.76. The van der Waals surface area contributed by atoms with Gasteiger partial charge in [0.2, 0.25) is 0 Å². The Hall–Kier alpha value is 0.270. The van der Waals surface area contributed by atoms with Gasteiger partial charge < -0.3 is 5.48 Å². The topological polar surface area (TPSA) is 44.1 Å². The molecule has 1 N–H and O–H groups in total. The molecule has 0 radical (unpaired) electrons. The van der Waals surface area contributed by atoms with Gasteiger partial charge in [-0.3, -0.25) is 0 Å². The summed E-state index contributed by atoms with van der Waals surface area (Å²) in [4.78, 5) is 0. The zero-order chi connectivity index (χ0) is 12.8. The highest BCUT2D eigenvalue weighted by atomic mass is 31.1. The smallest absolute Gasteiger partial charge is 0.304 e. The maximum absolute atomic E-state index is 5.23. The third-order valence-electron chi connectivity index (χ3n) is 4.29. The molecule has 2 rings (SSSR count). The summed E-state index contributed by atoms with van der Waals surface area (Å²) in [7, 11) is 0.0929. The Morgan fingerprint density at radius 1 is 0.833 bits per heavy atom. The number of hydrogen-bond donors (Lipinski definition) is 0. The molecular formula is C14H27NOP2. The first-order valence-electron chi connectivity index (χ1n) is 6.63. The summed E-state index contributed by atoms with van der Waals surface area (Å²) in [6.45, 7) is 14.4. The molecule has 0 saturated carbocycles. The summed E-state index contributed by atoms with van der Waals surface area (Å²) in [6, 6.07) is 0. The van der Waals surface area contributed by atoms with Crippen molar-refractivity contribution >= 4 is 26.7 Å². The van der Waals surface area contributed by atoms with E-state index < -0.39 is 0 Å². The molecule has 2 aliphatic heterocycles. The average molecular weight is 287 g/mol. The molecule has 2 fully saturated rings. The zero-order valence-corrected chi connectivity index (χ0v) is 14.4. The van der Waals surface area contributed by atoms with Crippen LogP contribution in [0.15, 0.2) is 0 Å². The maximum Gasteiger partial charge on any atom is 0.304 e. The molecule has 2 unspecified atom stereocenters. The van der Waals surface area contributed by atoms with Gasteiger partial charge in [-0.25, -0.2) is 0 Å². The summed E-state index contributed by atoms with van der Waals surface area (Å²) in [5, 5.41) is 0. The Bertz CT molecular complexity index is 361. The molecule has 0 bridgehead atoms. The Kier molecular flexibility index (Phi) is 4.84. The first-order chi connectivity index (χ1) is 7.74. The molecule has 2 aliphatic rings. The molecule has 18 heavy (non-hydrogen) atoms. The van der Waals surface area contributed by atoms with Crippen molar-refractivity contribution < 1.29 is 5.48 Å². The highest BCUT2D eigenvalue weighted by Crippen LogP contribution is 2.53. The van der Waals surface area contributed by atoms with E-state index in [0.29, 0.717) is 10.8 Å². The predicted octanol–water partition coefficient (Wildman–Crippen LogP) is 3.76. The fourth-order valence-electron chi connectivity index (χ4n) is 2.94. The summed E-state index contributed by atoms with van der Waals surface area (Å²) in [5.41, 5.74) is 3.82. The highest BCUT2D eigenvalue weighted by Gasteiger charge is 2.48. The average Bonchev–Trinajstić information content (AvgIpc) is 2.61. The van der Waals surface area contributed by atoms with Gasteiger partial charge in [-0.1, -0.05) is 4.67 Å². The van der Waals surface area contributed by atoms with Crippen LogP contribution in [0.25, 0.3) is 0 Å². The van der Waals surface area contributed by atoms with Crippen LogP contribution in [0.1, 0.15) is 40.5 Å². The second-order valence-corrected chi connectivity index (χ2v) is 11.4. The molecule has 4 heteroatoms. The lowest BCUT2D eigenvalue weighted by Crippen LogP contribution is -2.24. The molecule has 2 saturated heterocycles. The van der Waals surface area contributed by atoms with Crippen LogP contribution in [0, 0.1) is 10.8 Å². The lowest BCUT2D eigenvalue weighted by molar-refractivity contribution is 0.519. The molecule has 104 valence electrons. The second kappa shape index (κ2) is 5.34. The first-order valence-corrected chi connectivity index (χ1v) is 10.6. The van der Waals surface area contributed by atoms with E-state index in [1.54, 1.807) is 10.9 Å². The lowest BCUT2D eigenvalue weighted by atomic mass is 9.91. The molecule has 2 atom stereocenters. The molecule has 2 nitrogen and oxygen atoms in total. The Labute approximate surface area is 114 Å². The Balaban J connectivity index is 0.00000162. The van der Waals surface area contributed by atoms with E-state index in [-0.39, 0.29) is 21.3 Å². The maximum atomic E-state index is 5.23. The lowest BCUT2D eigenvalue weighted by Gasteiger charge is -2.12. The van der Waals surface area contributed by atoms with Gasteiger partial charge in [0, 0.05) is 15.8 Å². The standard InChI is InChI=1S/C14H26NP2.H2O/c1-13(2)7-9-16(5)11(13)15-12-14(3,4)8-10-17(12)6;/h7-10H2,1-6H3;1H2/q+1;/p-1. The number of nitrogens with zero attached hydrogens (tertiary/aromatic N) is 1. The summed E-state index contributed by atoms with van der Waals surface area (Å²) < 4.78 is 5.23. The van der Waals surface area contributed by atoms with Gasteiger partial charge in [0.15, 0.2) is 0 Å². The molecule has 0 aromatic heterocycles. The summed E-state index contributed by atoms with van der Waals surface area (Å²) in [5.74, 6) is 0. The fraction of sp³-hybridized carbons (Fsp3) is 0.857. The van der Waals surface area contributed by atoms with E-state index in [0.717, 1.165) is 0 Å². The minimum absolute atomic E-state index is 0. The SMILES string of the molecule is CP1CCC(C)(C)C1=[N+]=C1P(C)CCC1(C)C.[OH-]. The van der Waals surface area contributed by atoms with Crippen molar-refractivity contribution in [3.05, 3.63) is 0 Å². The van der Waals surface area contributed by atoms with Gasteiger partial charge in [0.25, 0.3) is 0 Å². The Morgan fingerprint density at radius 3 is 1.39 bits per heavy atom.